The van der Waals surface area contributed by atoms with Crippen LogP contribution in [0.4, 0.5) is 0 Å². The molecule has 0 amide bonds. The first-order valence-electron chi connectivity index (χ1n) is 8.95. The highest BCUT2D eigenvalue weighted by atomic mass is 32.2. The quantitative estimate of drug-likeness (QED) is 0.671. The molecule has 0 fully saturated rings. The smallest absolute Gasteiger partial charge is 0.264 e. The van der Waals surface area contributed by atoms with Crippen LogP contribution in [0.15, 0.2) is 39.6 Å². The minimum Gasteiger partial charge on any atom is -0.419 e. The number of nitrogens with one attached hydrogen (secondary N) is 1. The van der Waals surface area contributed by atoms with E-state index in [1.807, 2.05) is 48.7 Å². The van der Waals surface area contributed by atoms with E-state index in [9.17, 15) is 8.42 Å². The Kier molecular flexibility index (Phi) is 5.48. The SMILES string of the molecule is CCc1nnc(-c2c(C)c(S(=O)(=O)NCc3ccccc3)c(C)n2CC)o1. The van der Waals surface area contributed by atoms with Crippen molar-refractivity contribution in [2.45, 2.75) is 52.1 Å². The molecule has 0 atom stereocenters. The van der Waals surface area contributed by atoms with E-state index in [4.69, 9.17) is 4.42 Å². The maximum absolute atomic E-state index is 13.0. The molecule has 1 aromatic carbocycles. The second kappa shape index (κ2) is 7.66. The molecule has 0 aliphatic rings. The molecular weight excluding hydrogens is 364 g/mol. The van der Waals surface area contributed by atoms with Gasteiger partial charge in [0.1, 0.15) is 10.6 Å². The Labute approximate surface area is 159 Å². The first kappa shape index (κ1) is 19.3. The summed E-state index contributed by atoms with van der Waals surface area (Å²) < 4.78 is 36.4. The molecule has 0 saturated carbocycles. The third kappa shape index (κ3) is 3.68. The summed E-state index contributed by atoms with van der Waals surface area (Å²) in [5.41, 5.74) is 2.82. The van der Waals surface area contributed by atoms with Gasteiger partial charge < -0.3 is 8.98 Å². The van der Waals surface area contributed by atoms with Crippen LogP contribution in [0.1, 0.15) is 36.6 Å². The average molecular weight is 388 g/mol. The third-order valence-electron chi connectivity index (χ3n) is 4.57. The summed E-state index contributed by atoms with van der Waals surface area (Å²) in [6.45, 7) is 8.29. The first-order chi connectivity index (χ1) is 12.9. The Morgan fingerprint density at radius 3 is 2.41 bits per heavy atom. The van der Waals surface area contributed by atoms with Crippen molar-refractivity contribution in [3.63, 3.8) is 0 Å². The predicted octanol–water partition coefficient (Wildman–Crippen LogP) is 3.22. The normalized spacial score (nSPS) is 11.9. The molecule has 27 heavy (non-hydrogen) atoms. The molecule has 0 saturated heterocycles. The fourth-order valence-electron chi connectivity index (χ4n) is 3.28. The number of nitrogens with zero attached hydrogens (tertiary/aromatic N) is 3. The Bertz CT molecular complexity index is 1040. The fraction of sp³-hybridized carbons (Fsp3) is 0.368. The van der Waals surface area contributed by atoms with Crippen molar-refractivity contribution >= 4 is 10.0 Å². The minimum absolute atomic E-state index is 0.231. The Morgan fingerprint density at radius 2 is 1.81 bits per heavy atom. The molecule has 0 aliphatic heterocycles. The number of hydrogen-bond donors (Lipinski definition) is 1. The van der Waals surface area contributed by atoms with Crippen LogP contribution in [-0.2, 0) is 29.5 Å². The molecule has 0 spiro atoms. The number of rotatable bonds is 7. The van der Waals surface area contributed by atoms with Crippen LogP contribution in [0.3, 0.4) is 0 Å². The Balaban J connectivity index is 2.02. The summed E-state index contributed by atoms with van der Waals surface area (Å²) >= 11 is 0. The number of aryl methyl sites for hydroxylation is 1. The van der Waals surface area contributed by atoms with Gasteiger partial charge in [0.2, 0.25) is 15.9 Å². The highest BCUT2D eigenvalue weighted by Gasteiger charge is 2.29. The molecule has 0 bridgehead atoms. The summed E-state index contributed by atoms with van der Waals surface area (Å²) in [6, 6.07) is 9.43. The van der Waals surface area contributed by atoms with Gasteiger partial charge in [-0.15, -0.1) is 10.2 Å². The number of aromatic nitrogens is 3. The fourth-order valence-corrected chi connectivity index (χ4v) is 4.78. The van der Waals surface area contributed by atoms with Crippen LogP contribution >= 0.6 is 0 Å². The third-order valence-corrected chi connectivity index (χ3v) is 6.23. The van der Waals surface area contributed by atoms with E-state index in [2.05, 4.69) is 14.9 Å². The van der Waals surface area contributed by atoms with Gasteiger partial charge >= 0.3 is 0 Å². The van der Waals surface area contributed by atoms with Crippen LogP contribution in [0, 0.1) is 13.8 Å². The molecule has 1 N–H and O–H groups in total. The zero-order valence-corrected chi connectivity index (χ0v) is 16.8. The maximum Gasteiger partial charge on any atom is 0.264 e. The van der Waals surface area contributed by atoms with E-state index in [1.54, 1.807) is 13.8 Å². The second-order valence-electron chi connectivity index (χ2n) is 6.30. The summed E-state index contributed by atoms with van der Waals surface area (Å²) in [5, 5.41) is 8.11. The highest BCUT2D eigenvalue weighted by molar-refractivity contribution is 7.89. The van der Waals surface area contributed by atoms with Gasteiger partial charge in [0, 0.05) is 30.8 Å². The molecule has 2 heterocycles. The van der Waals surface area contributed by atoms with Crippen LogP contribution in [0.5, 0.6) is 0 Å². The zero-order valence-electron chi connectivity index (χ0n) is 16.0. The van der Waals surface area contributed by atoms with Crippen molar-refractivity contribution < 1.29 is 12.8 Å². The van der Waals surface area contributed by atoms with Gasteiger partial charge in [-0.25, -0.2) is 13.1 Å². The van der Waals surface area contributed by atoms with Gasteiger partial charge in [-0.05, 0) is 26.3 Å². The summed E-state index contributed by atoms with van der Waals surface area (Å²) in [5.74, 6) is 0.872. The van der Waals surface area contributed by atoms with Crippen molar-refractivity contribution in [1.82, 2.24) is 19.5 Å². The van der Waals surface area contributed by atoms with Crippen molar-refractivity contribution in [3.8, 4) is 11.6 Å². The van der Waals surface area contributed by atoms with E-state index in [0.29, 0.717) is 41.7 Å². The van der Waals surface area contributed by atoms with Crippen LogP contribution < -0.4 is 4.72 Å². The molecule has 7 nitrogen and oxygen atoms in total. The highest BCUT2D eigenvalue weighted by Crippen LogP contribution is 2.33. The molecule has 8 heteroatoms. The van der Waals surface area contributed by atoms with E-state index in [1.165, 1.54) is 0 Å². The second-order valence-corrected chi connectivity index (χ2v) is 8.00. The molecule has 3 aromatic rings. The van der Waals surface area contributed by atoms with Crippen LogP contribution in [0.25, 0.3) is 11.6 Å². The van der Waals surface area contributed by atoms with E-state index >= 15 is 0 Å². The lowest BCUT2D eigenvalue weighted by Crippen LogP contribution is -2.24. The van der Waals surface area contributed by atoms with Crippen molar-refractivity contribution in [2.24, 2.45) is 0 Å². The predicted molar refractivity (Wildman–Crippen MR) is 103 cm³/mol. The van der Waals surface area contributed by atoms with Gasteiger partial charge in [0.15, 0.2) is 0 Å². The topological polar surface area (TPSA) is 90.0 Å². The molecule has 0 aliphatic carbocycles. The number of hydrogen-bond acceptors (Lipinski definition) is 5. The standard InChI is InChI=1S/C19H24N4O3S/c1-5-16-21-22-19(26-16)17-13(3)18(14(4)23(17)6-2)27(24,25)20-12-15-10-8-7-9-11-15/h7-11,20H,5-6,12H2,1-4H3. The van der Waals surface area contributed by atoms with Gasteiger partial charge in [0.25, 0.3) is 5.89 Å². The number of sulfonamides is 1. The van der Waals surface area contributed by atoms with Gasteiger partial charge in [-0.3, -0.25) is 0 Å². The van der Waals surface area contributed by atoms with Crippen molar-refractivity contribution in [3.05, 3.63) is 53.0 Å². The summed E-state index contributed by atoms with van der Waals surface area (Å²) in [7, 11) is -3.70. The van der Waals surface area contributed by atoms with Crippen molar-refractivity contribution in [2.75, 3.05) is 0 Å². The first-order valence-corrected chi connectivity index (χ1v) is 10.4. The van der Waals surface area contributed by atoms with Gasteiger partial charge in [-0.2, -0.15) is 0 Å². The van der Waals surface area contributed by atoms with Crippen LogP contribution in [0.2, 0.25) is 0 Å². The summed E-state index contributed by atoms with van der Waals surface area (Å²) in [4.78, 5) is 0.270. The molecule has 144 valence electrons. The molecular formula is C19H24N4O3S. The maximum atomic E-state index is 13.0. The van der Waals surface area contributed by atoms with Crippen molar-refractivity contribution in [1.29, 1.82) is 0 Å². The van der Waals surface area contributed by atoms with Gasteiger partial charge in [0.05, 0.1) is 0 Å². The largest absolute Gasteiger partial charge is 0.419 e. The number of benzene rings is 1. The molecule has 0 radical (unpaired) electrons. The Hall–Kier alpha value is -2.45. The van der Waals surface area contributed by atoms with E-state index in [0.717, 1.165) is 5.56 Å². The van der Waals surface area contributed by atoms with Gasteiger partial charge in [-0.1, -0.05) is 37.3 Å². The lowest BCUT2D eigenvalue weighted by Gasteiger charge is -2.09. The molecule has 0 unspecified atom stereocenters. The zero-order chi connectivity index (χ0) is 19.6. The summed E-state index contributed by atoms with van der Waals surface area (Å²) in [6.07, 6.45) is 0.627. The lowest BCUT2D eigenvalue weighted by atomic mass is 10.2. The Morgan fingerprint density at radius 1 is 1.11 bits per heavy atom. The van der Waals surface area contributed by atoms with E-state index < -0.39 is 10.0 Å². The monoisotopic (exact) mass is 388 g/mol. The lowest BCUT2D eigenvalue weighted by molar-refractivity contribution is 0.507. The minimum atomic E-state index is -3.70. The molecule has 2 aromatic heterocycles. The van der Waals surface area contributed by atoms with E-state index in [-0.39, 0.29) is 11.4 Å². The molecule has 3 rings (SSSR count). The average Bonchev–Trinajstić information content (AvgIpc) is 3.22. The van der Waals surface area contributed by atoms with Crippen LogP contribution in [-0.4, -0.2) is 23.2 Å².